The molecule has 3 aromatic carbocycles. The zero-order valence-electron chi connectivity index (χ0n) is 21.2. The third-order valence-corrected chi connectivity index (χ3v) is 6.58. The van der Waals surface area contributed by atoms with E-state index in [1.807, 2.05) is 74.5 Å². The Labute approximate surface area is 217 Å². The van der Waals surface area contributed by atoms with E-state index in [0.29, 0.717) is 37.4 Å². The summed E-state index contributed by atoms with van der Waals surface area (Å²) >= 11 is 0. The standard InChI is InChI=1S/C30H32N2O5/c1-4-14-36-30(35)32(29(34)27-16-24-12-8-9-13-25(24)18-31(27)20-33)26-17-28(22(3)15-21(26)2)37-19-23-10-6-5-7-11-23/h4-13,15,17,20,27,29,34H,1,14,16,18-19H2,2-3H3. The number of fused-ring (bicyclic) bond motifs is 1. The third-order valence-electron chi connectivity index (χ3n) is 6.58. The second-order valence-electron chi connectivity index (χ2n) is 9.15. The molecule has 0 bridgehead atoms. The largest absolute Gasteiger partial charge is 0.489 e. The van der Waals surface area contributed by atoms with E-state index in [1.165, 1.54) is 15.9 Å². The van der Waals surface area contributed by atoms with Gasteiger partial charge in [-0.2, -0.15) is 0 Å². The fourth-order valence-corrected chi connectivity index (χ4v) is 4.65. The molecule has 2 atom stereocenters. The van der Waals surface area contributed by atoms with Gasteiger partial charge in [0.2, 0.25) is 6.41 Å². The van der Waals surface area contributed by atoms with Crippen molar-refractivity contribution in [2.45, 2.75) is 45.7 Å². The maximum atomic E-state index is 13.3. The summed E-state index contributed by atoms with van der Waals surface area (Å²) in [5.41, 5.74) is 5.15. The first kappa shape index (κ1) is 26.0. The van der Waals surface area contributed by atoms with Gasteiger partial charge in [0.1, 0.15) is 19.0 Å². The van der Waals surface area contributed by atoms with E-state index in [-0.39, 0.29) is 6.61 Å². The van der Waals surface area contributed by atoms with E-state index in [4.69, 9.17) is 9.47 Å². The number of aryl methyl sites for hydroxylation is 2. The molecule has 1 N–H and O–H groups in total. The van der Waals surface area contributed by atoms with Crippen molar-refractivity contribution in [2.75, 3.05) is 11.5 Å². The lowest BCUT2D eigenvalue weighted by molar-refractivity contribution is -0.124. The number of carbonyl (C=O) groups excluding carboxylic acids is 2. The van der Waals surface area contributed by atoms with Crippen LogP contribution in [0.2, 0.25) is 0 Å². The topological polar surface area (TPSA) is 79.3 Å². The lowest BCUT2D eigenvalue weighted by atomic mass is 9.93. The summed E-state index contributed by atoms with van der Waals surface area (Å²) in [5, 5.41) is 11.6. The maximum absolute atomic E-state index is 13.3. The van der Waals surface area contributed by atoms with Crippen LogP contribution in [-0.2, 0) is 29.1 Å². The predicted molar refractivity (Wildman–Crippen MR) is 142 cm³/mol. The van der Waals surface area contributed by atoms with Crippen molar-refractivity contribution in [1.29, 1.82) is 0 Å². The molecule has 0 saturated carbocycles. The summed E-state index contributed by atoms with van der Waals surface area (Å²) in [5.74, 6) is 0.583. The van der Waals surface area contributed by atoms with Gasteiger partial charge in [0.05, 0.1) is 11.7 Å². The van der Waals surface area contributed by atoms with E-state index in [9.17, 15) is 14.7 Å². The number of hydrogen-bond donors (Lipinski definition) is 1. The molecule has 2 unspecified atom stereocenters. The van der Waals surface area contributed by atoms with Gasteiger partial charge in [-0.3, -0.25) is 4.79 Å². The number of rotatable bonds is 9. The van der Waals surface area contributed by atoms with Crippen molar-refractivity contribution in [3.63, 3.8) is 0 Å². The first-order valence-electron chi connectivity index (χ1n) is 12.2. The van der Waals surface area contributed by atoms with Crippen LogP contribution in [-0.4, -0.2) is 41.4 Å². The summed E-state index contributed by atoms with van der Waals surface area (Å²) in [4.78, 5) is 28.1. The molecular weight excluding hydrogens is 468 g/mol. The van der Waals surface area contributed by atoms with Crippen LogP contribution >= 0.6 is 0 Å². The Hall–Kier alpha value is -4.10. The molecule has 0 spiro atoms. The molecule has 1 aliphatic heterocycles. The Morgan fingerprint density at radius 3 is 2.51 bits per heavy atom. The van der Waals surface area contributed by atoms with Gasteiger partial charge in [-0.25, -0.2) is 9.69 Å². The Balaban J connectivity index is 1.69. The first-order valence-corrected chi connectivity index (χ1v) is 12.2. The Morgan fingerprint density at radius 2 is 1.81 bits per heavy atom. The molecular formula is C30H32N2O5. The summed E-state index contributed by atoms with van der Waals surface area (Å²) in [7, 11) is 0. The van der Waals surface area contributed by atoms with Gasteiger partial charge in [-0.15, -0.1) is 0 Å². The molecule has 1 heterocycles. The van der Waals surface area contributed by atoms with Crippen LogP contribution in [0.25, 0.3) is 0 Å². The molecule has 0 radical (unpaired) electrons. The molecule has 0 saturated heterocycles. The minimum absolute atomic E-state index is 0.0186. The first-order chi connectivity index (χ1) is 17.9. The van der Waals surface area contributed by atoms with Crippen LogP contribution in [0, 0.1) is 13.8 Å². The minimum atomic E-state index is -1.36. The van der Waals surface area contributed by atoms with Crippen molar-refractivity contribution < 1.29 is 24.2 Å². The average Bonchev–Trinajstić information content (AvgIpc) is 2.92. The summed E-state index contributed by atoms with van der Waals surface area (Å²) < 4.78 is 11.5. The molecule has 192 valence electrons. The zero-order valence-corrected chi connectivity index (χ0v) is 21.2. The van der Waals surface area contributed by atoms with E-state index >= 15 is 0 Å². The minimum Gasteiger partial charge on any atom is -0.489 e. The van der Waals surface area contributed by atoms with Crippen LogP contribution in [0.3, 0.4) is 0 Å². The second-order valence-corrected chi connectivity index (χ2v) is 9.15. The molecule has 0 aromatic heterocycles. The highest BCUT2D eigenvalue weighted by Crippen LogP contribution is 2.34. The predicted octanol–water partition coefficient (Wildman–Crippen LogP) is 4.91. The number of anilines is 1. The normalized spacial score (nSPS) is 15.3. The quantitative estimate of drug-likeness (QED) is 0.257. The number of hydrogen-bond acceptors (Lipinski definition) is 5. The van der Waals surface area contributed by atoms with E-state index < -0.39 is 18.4 Å². The lowest BCUT2D eigenvalue weighted by Crippen LogP contribution is -2.56. The van der Waals surface area contributed by atoms with Crippen LogP contribution in [0.4, 0.5) is 10.5 Å². The average molecular weight is 501 g/mol. The zero-order chi connectivity index (χ0) is 26.4. The van der Waals surface area contributed by atoms with Gasteiger partial charge in [-0.05, 0) is 48.1 Å². The number of benzene rings is 3. The molecule has 7 nitrogen and oxygen atoms in total. The molecule has 4 rings (SSSR count). The van der Waals surface area contributed by atoms with Crippen molar-refractivity contribution in [3.8, 4) is 5.75 Å². The van der Waals surface area contributed by atoms with Crippen LogP contribution in [0.15, 0.2) is 79.4 Å². The molecule has 0 aliphatic carbocycles. The van der Waals surface area contributed by atoms with Crippen molar-refractivity contribution in [3.05, 3.63) is 107 Å². The number of carbonyl (C=O) groups is 2. The fraction of sp³-hybridized carbons (Fsp3) is 0.267. The van der Waals surface area contributed by atoms with Crippen molar-refractivity contribution >= 4 is 18.2 Å². The van der Waals surface area contributed by atoms with E-state index in [1.54, 1.807) is 6.07 Å². The van der Waals surface area contributed by atoms with Crippen LogP contribution in [0.1, 0.15) is 27.8 Å². The smallest absolute Gasteiger partial charge is 0.416 e. The van der Waals surface area contributed by atoms with Crippen LogP contribution < -0.4 is 9.64 Å². The molecule has 0 fully saturated rings. The monoisotopic (exact) mass is 500 g/mol. The van der Waals surface area contributed by atoms with E-state index in [2.05, 4.69) is 6.58 Å². The van der Waals surface area contributed by atoms with Gasteiger partial charge >= 0.3 is 6.09 Å². The Bertz CT molecular complexity index is 1260. The van der Waals surface area contributed by atoms with E-state index in [0.717, 1.165) is 27.8 Å². The fourth-order valence-electron chi connectivity index (χ4n) is 4.65. The summed E-state index contributed by atoms with van der Waals surface area (Å²) in [6.07, 6.45) is 0.474. The number of aliphatic hydroxyl groups is 1. The highest BCUT2D eigenvalue weighted by atomic mass is 16.6. The summed E-state index contributed by atoms with van der Waals surface area (Å²) in [6, 6.07) is 20.6. The van der Waals surface area contributed by atoms with Gasteiger partial charge in [-0.1, -0.05) is 73.3 Å². The molecule has 7 heteroatoms. The molecule has 2 amide bonds. The molecule has 1 aliphatic rings. The lowest BCUT2D eigenvalue weighted by Gasteiger charge is -2.41. The second kappa shape index (κ2) is 11.8. The van der Waals surface area contributed by atoms with Crippen molar-refractivity contribution in [1.82, 2.24) is 4.90 Å². The number of nitrogens with zero attached hydrogens (tertiary/aromatic N) is 2. The van der Waals surface area contributed by atoms with Gasteiger partial charge < -0.3 is 19.5 Å². The summed E-state index contributed by atoms with van der Waals surface area (Å²) in [6.45, 7) is 8.08. The van der Waals surface area contributed by atoms with Gasteiger partial charge in [0.15, 0.2) is 6.23 Å². The van der Waals surface area contributed by atoms with Gasteiger partial charge in [0.25, 0.3) is 0 Å². The Morgan fingerprint density at radius 1 is 1.11 bits per heavy atom. The molecule has 37 heavy (non-hydrogen) atoms. The van der Waals surface area contributed by atoms with Crippen LogP contribution in [0.5, 0.6) is 5.75 Å². The van der Waals surface area contributed by atoms with Crippen molar-refractivity contribution in [2.24, 2.45) is 0 Å². The third kappa shape index (κ3) is 5.84. The SMILES string of the molecule is C=CCOC(=O)N(c1cc(OCc2ccccc2)c(C)cc1C)C(O)C1Cc2ccccc2CN1C=O. The number of amides is 2. The maximum Gasteiger partial charge on any atom is 0.416 e. The number of ether oxygens (including phenoxy) is 2. The van der Waals surface area contributed by atoms with Gasteiger partial charge in [0, 0.05) is 12.6 Å². The highest BCUT2D eigenvalue weighted by Gasteiger charge is 2.38. The Kier molecular flexibility index (Phi) is 8.25. The highest BCUT2D eigenvalue weighted by molar-refractivity contribution is 5.90. The number of aliphatic hydroxyl groups excluding tert-OH is 1. The molecule has 3 aromatic rings.